The maximum absolute atomic E-state index is 12.4. The van der Waals surface area contributed by atoms with Crippen LogP contribution >= 0.6 is 0 Å². The lowest BCUT2D eigenvalue weighted by molar-refractivity contribution is -0.138. The number of carboxylic acids is 1. The molecule has 0 amide bonds. The van der Waals surface area contributed by atoms with E-state index in [1.165, 1.54) is 0 Å². The van der Waals surface area contributed by atoms with Crippen LogP contribution in [-0.2, 0) is 6.18 Å². The number of hydrogen-bond acceptors (Lipinski definition) is 2. The Hall–Kier alpha value is -1.73. The molecule has 1 rings (SSSR count). The molecule has 0 fully saturated rings. The second kappa shape index (κ2) is 4.27. The molecular weight excluding hydrogens is 249 g/mol. The Balaban J connectivity index is 3.51. The predicted molar refractivity (Wildman–Crippen MR) is 45.9 cm³/mol. The lowest BCUT2D eigenvalue weighted by Crippen LogP contribution is -2.14. The zero-order valence-electron chi connectivity index (χ0n) is 8.35. The molecule has 0 spiro atoms. The van der Waals surface area contributed by atoms with Gasteiger partial charge >= 0.3 is 12.1 Å². The van der Waals surface area contributed by atoms with Gasteiger partial charge in [-0.1, -0.05) is 0 Å². The minimum Gasteiger partial charge on any atom is -0.478 e. The summed E-state index contributed by atoms with van der Waals surface area (Å²) in [5.41, 5.74) is -4.32. The molecule has 0 bridgehead atoms. The van der Waals surface area contributed by atoms with E-state index in [0.717, 1.165) is 6.92 Å². The molecule has 0 saturated heterocycles. The summed E-state index contributed by atoms with van der Waals surface area (Å²) in [4.78, 5) is 13.6. The molecule has 0 aliphatic heterocycles. The van der Waals surface area contributed by atoms with Crippen molar-refractivity contribution in [2.24, 2.45) is 0 Å². The predicted octanol–water partition coefficient (Wildman–Crippen LogP) is 3.04. The Morgan fingerprint density at radius 2 is 1.94 bits per heavy atom. The molecule has 8 heteroatoms. The molecule has 3 nitrogen and oxygen atoms in total. The number of nitrogens with zero attached hydrogens (tertiary/aromatic N) is 1. The number of aromatic carboxylic acids is 1. The summed E-state index contributed by atoms with van der Waals surface area (Å²) in [5.74, 6) is -1.88. The second-order valence-electron chi connectivity index (χ2n) is 3.16. The number of aryl methyl sites for hydroxylation is 1. The molecule has 1 heterocycles. The average molecular weight is 255 g/mol. The molecule has 1 aromatic heterocycles. The van der Waals surface area contributed by atoms with Gasteiger partial charge in [-0.25, -0.2) is 13.6 Å². The first-order chi connectivity index (χ1) is 7.64. The standard InChI is InChI=1S/C9H6F5NO2/c1-3-5(9(12,13)14)2-4(8(16)17)6(15-3)7(10)11/h2,7H,1H3,(H,16,17). The van der Waals surface area contributed by atoms with Gasteiger partial charge in [-0.3, -0.25) is 4.98 Å². The molecule has 0 aromatic carbocycles. The highest BCUT2D eigenvalue weighted by Gasteiger charge is 2.35. The molecule has 17 heavy (non-hydrogen) atoms. The van der Waals surface area contributed by atoms with Crippen molar-refractivity contribution in [3.63, 3.8) is 0 Å². The largest absolute Gasteiger partial charge is 0.478 e. The molecule has 0 atom stereocenters. The van der Waals surface area contributed by atoms with Crippen LogP contribution in [0.4, 0.5) is 22.0 Å². The van der Waals surface area contributed by atoms with Crippen molar-refractivity contribution in [1.29, 1.82) is 0 Å². The summed E-state index contributed by atoms with van der Waals surface area (Å²) in [7, 11) is 0. The number of carboxylic acid groups (broad SMARTS) is 1. The Labute approximate surface area is 91.9 Å². The minimum atomic E-state index is -4.83. The molecule has 0 aliphatic rings. The summed E-state index contributed by atoms with van der Waals surface area (Å²) in [6.07, 6.45) is -8.08. The Morgan fingerprint density at radius 3 is 2.29 bits per heavy atom. The van der Waals surface area contributed by atoms with Crippen molar-refractivity contribution in [2.75, 3.05) is 0 Å². The number of alkyl halides is 5. The highest BCUT2D eigenvalue weighted by Crippen LogP contribution is 2.34. The third-order valence-electron chi connectivity index (χ3n) is 1.99. The quantitative estimate of drug-likeness (QED) is 0.826. The van der Waals surface area contributed by atoms with E-state index in [9.17, 15) is 26.7 Å². The fourth-order valence-electron chi connectivity index (χ4n) is 1.25. The van der Waals surface area contributed by atoms with E-state index in [1.807, 2.05) is 0 Å². The van der Waals surface area contributed by atoms with E-state index in [2.05, 4.69) is 4.98 Å². The lowest BCUT2D eigenvalue weighted by atomic mass is 10.1. The van der Waals surface area contributed by atoms with Crippen LogP contribution in [0.2, 0.25) is 0 Å². The van der Waals surface area contributed by atoms with Crippen LogP contribution in [0.15, 0.2) is 6.07 Å². The number of aromatic nitrogens is 1. The first-order valence-electron chi connectivity index (χ1n) is 4.24. The van der Waals surface area contributed by atoms with E-state index in [0.29, 0.717) is 0 Å². The molecule has 0 unspecified atom stereocenters. The topological polar surface area (TPSA) is 50.2 Å². The van der Waals surface area contributed by atoms with Gasteiger partial charge in [0.15, 0.2) is 0 Å². The van der Waals surface area contributed by atoms with Crippen LogP contribution in [0.1, 0.15) is 33.7 Å². The van der Waals surface area contributed by atoms with Gasteiger partial charge in [0.1, 0.15) is 5.69 Å². The average Bonchev–Trinajstić information content (AvgIpc) is 2.14. The van der Waals surface area contributed by atoms with Crippen molar-refractivity contribution in [2.45, 2.75) is 19.5 Å². The molecule has 0 saturated carbocycles. The van der Waals surface area contributed by atoms with Gasteiger partial charge in [0.25, 0.3) is 6.43 Å². The summed E-state index contributed by atoms with van der Waals surface area (Å²) in [5, 5.41) is 8.55. The maximum Gasteiger partial charge on any atom is 0.418 e. The smallest absolute Gasteiger partial charge is 0.418 e. The first-order valence-corrected chi connectivity index (χ1v) is 4.24. The van der Waals surface area contributed by atoms with Crippen LogP contribution < -0.4 is 0 Å². The molecule has 1 N–H and O–H groups in total. The summed E-state index contributed by atoms with van der Waals surface area (Å²) in [6.45, 7) is 0.889. The minimum absolute atomic E-state index is 0.173. The van der Waals surface area contributed by atoms with E-state index in [-0.39, 0.29) is 6.07 Å². The van der Waals surface area contributed by atoms with Crippen molar-refractivity contribution < 1.29 is 31.9 Å². The van der Waals surface area contributed by atoms with Gasteiger partial charge < -0.3 is 5.11 Å². The highest BCUT2D eigenvalue weighted by atomic mass is 19.4. The molecule has 0 radical (unpaired) electrons. The van der Waals surface area contributed by atoms with Crippen LogP contribution in [0.5, 0.6) is 0 Å². The van der Waals surface area contributed by atoms with Gasteiger partial charge in [0.2, 0.25) is 0 Å². The summed E-state index contributed by atoms with van der Waals surface area (Å²) < 4.78 is 62.0. The number of carbonyl (C=O) groups is 1. The van der Waals surface area contributed by atoms with Gasteiger partial charge in [-0.2, -0.15) is 13.2 Å². The highest BCUT2D eigenvalue weighted by molar-refractivity contribution is 5.89. The van der Waals surface area contributed by atoms with Crippen LogP contribution in [0, 0.1) is 6.92 Å². The third-order valence-corrected chi connectivity index (χ3v) is 1.99. The number of rotatable bonds is 2. The number of pyridine rings is 1. The molecule has 1 aromatic rings. The normalized spacial score (nSPS) is 11.9. The lowest BCUT2D eigenvalue weighted by Gasteiger charge is -2.13. The van der Waals surface area contributed by atoms with Gasteiger partial charge in [0.05, 0.1) is 16.8 Å². The van der Waals surface area contributed by atoms with Gasteiger partial charge in [-0.15, -0.1) is 0 Å². The van der Waals surface area contributed by atoms with Crippen molar-refractivity contribution in [3.8, 4) is 0 Å². The zero-order valence-corrected chi connectivity index (χ0v) is 8.35. The van der Waals surface area contributed by atoms with Crippen molar-refractivity contribution >= 4 is 5.97 Å². The Kier molecular flexibility index (Phi) is 3.35. The molecule has 0 aliphatic carbocycles. The fourth-order valence-corrected chi connectivity index (χ4v) is 1.25. The van der Waals surface area contributed by atoms with Crippen LogP contribution in [0.3, 0.4) is 0 Å². The third kappa shape index (κ3) is 2.69. The number of halogens is 5. The first kappa shape index (κ1) is 13.3. The van der Waals surface area contributed by atoms with E-state index in [4.69, 9.17) is 5.11 Å². The van der Waals surface area contributed by atoms with Crippen molar-refractivity contribution in [1.82, 2.24) is 4.98 Å². The number of hydrogen-bond donors (Lipinski definition) is 1. The SMILES string of the molecule is Cc1nc(C(F)F)c(C(=O)O)cc1C(F)(F)F. The molecule has 94 valence electrons. The Morgan fingerprint density at radius 1 is 1.41 bits per heavy atom. The van der Waals surface area contributed by atoms with E-state index < -0.39 is 41.1 Å². The van der Waals surface area contributed by atoms with E-state index >= 15 is 0 Å². The van der Waals surface area contributed by atoms with Crippen LogP contribution in [0.25, 0.3) is 0 Å². The monoisotopic (exact) mass is 255 g/mol. The zero-order chi connectivity index (χ0) is 13.4. The van der Waals surface area contributed by atoms with Crippen LogP contribution in [-0.4, -0.2) is 16.1 Å². The maximum atomic E-state index is 12.4. The summed E-state index contributed by atoms with van der Waals surface area (Å²) in [6, 6.07) is 0.173. The Bertz CT molecular complexity index is 455. The fraction of sp³-hybridized carbons (Fsp3) is 0.333. The molecular formula is C9H6F5NO2. The van der Waals surface area contributed by atoms with Gasteiger partial charge in [-0.05, 0) is 13.0 Å². The van der Waals surface area contributed by atoms with Gasteiger partial charge in [0, 0.05) is 0 Å². The second-order valence-corrected chi connectivity index (χ2v) is 3.16. The summed E-state index contributed by atoms with van der Waals surface area (Å²) >= 11 is 0. The van der Waals surface area contributed by atoms with Crippen molar-refractivity contribution in [3.05, 3.63) is 28.6 Å². The van der Waals surface area contributed by atoms with E-state index in [1.54, 1.807) is 0 Å².